The second kappa shape index (κ2) is 6.55. The summed E-state index contributed by atoms with van der Waals surface area (Å²) < 4.78 is 12.0. The molecule has 1 atom stereocenters. The van der Waals surface area contributed by atoms with Gasteiger partial charge in [-0.15, -0.1) is 0 Å². The third kappa shape index (κ3) is 3.71. The van der Waals surface area contributed by atoms with Crippen LogP contribution in [0.25, 0.3) is 0 Å². The third-order valence-corrected chi connectivity index (χ3v) is 5.20. The smallest absolute Gasteiger partial charge is 0.0697 e. The zero-order valence-corrected chi connectivity index (χ0v) is 12.2. The molecular formula is C16H29NO2. The molecule has 0 aromatic carbocycles. The van der Waals surface area contributed by atoms with Crippen molar-refractivity contribution in [2.45, 2.75) is 82.0 Å². The summed E-state index contributed by atoms with van der Waals surface area (Å²) in [5.41, 5.74) is 0.238. The van der Waals surface area contributed by atoms with Crippen LogP contribution in [0.3, 0.4) is 0 Å². The minimum Gasteiger partial charge on any atom is -0.377 e. The predicted molar refractivity (Wildman–Crippen MR) is 76.4 cm³/mol. The molecule has 3 heteroatoms. The normalized spacial score (nSPS) is 31.3. The molecular weight excluding hydrogens is 238 g/mol. The van der Waals surface area contributed by atoms with Gasteiger partial charge in [0.1, 0.15) is 0 Å². The van der Waals surface area contributed by atoms with Crippen LogP contribution in [-0.4, -0.2) is 37.5 Å². The first-order chi connectivity index (χ1) is 9.36. The lowest BCUT2D eigenvalue weighted by Gasteiger charge is -2.38. The van der Waals surface area contributed by atoms with Gasteiger partial charge in [0, 0.05) is 19.2 Å². The van der Waals surface area contributed by atoms with Gasteiger partial charge in [0.25, 0.3) is 0 Å². The Morgan fingerprint density at radius 3 is 2.63 bits per heavy atom. The molecule has 1 spiro atoms. The minimum atomic E-state index is 0.238. The van der Waals surface area contributed by atoms with E-state index in [0.29, 0.717) is 12.1 Å². The Kier molecular flexibility index (Phi) is 4.78. The van der Waals surface area contributed by atoms with Gasteiger partial charge in [0.05, 0.1) is 18.3 Å². The summed E-state index contributed by atoms with van der Waals surface area (Å²) >= 11 is 0. The average Bonchev–Trinajstić information content (AvgIpc) is 3.07. The van der Waals surface area contributed by atoms with Crippen molar-refractivity contribution in [1.82, 2.24) is 5.32 Å². The van der Waals surface area contributed by atoms with Gasteiger partial charge in [0.2, 0.25) is 0 Å². The molecule has 1 saturated heterocycles. The molecule has 19 heavy (non-hydrogen) atoms. The molecule has 0 aromatic heterocycles. The van der Waals surface area contributed by atoms with Crippen molar-refractivity contribution in [2.24, 2.45) is 0 Å². The minimum absolute atomic E-state index is 0.238. The van der Waals surface area contributed by atoms with E-state index in [2.05, 4.69) is 5.32 Å². The van der Waals surface area contributed by atoms with Crippen LogP contribution in [0.1, 0.15) is 64.2 Å². The highest BCUT2D eigenvalue weighted by Gasteiger charge is 2.39. The SMILES string of the molecule is C1CCC(OCCNC2CCOC3(CCCC3)C2)C1. The van der Waals surface area contributed by atoms with E-state index in [1.807, 2.05) is 0 Å². The van der Waals surface area contributed by atoms with Crippen molar-refractivity contribution in [3.8, 4) is 0 Å². The van der Waals surface area contributed by atoms with Gasteiger partial charge in [-0.05, 0) is 38.5 Å². The van der Waals surface area contributed by atoms with Gasteiger partial charge < -0.3 is 14.8 Å². The summed E-state index contributed by atoms with van der Waals surface area (Å²) in [7, 11) is 0. The lowest BCUT2D eigenvalue weighted by molar-refractivity contribution is -0.0842. The largest absolute Gasteiger partial charge is 0.377 e. The standard InChI is InChI=1S/C16H29NO2/c1-2-6-15(5-1)18-12-10-17-14-7-11-19-16(13-14)8-3-4-9-16/h14-15,17H,1-13H2. The van der Waals surface area contributed by atoms with Crippen LogP contribution in [0.2, 0.25) is 0 Å². The molecule has 0 aromatic rings. The molecule has 0 radical (unpaired) electrons. The Morgan fingerprint density at radius 2 is 1.84 bits per heavy atom. The molecule has 0 bridgehead atoms. The van der Waals surface area contributed by atoms with Gasteiger partial charge in [-0.2, -0.15) is 0 Å². The molecule has 1 unspecified atom stereocenters. The molecule has 3 aliphatic rings. The van der Waals surface area contributed by atoms with E-state index < -0.39 is 0 Å². The van der Waals surface area contributed by atoms with Crippen LogP contribution in [-0.2, 0) is 9.47 Å². The van der Waals surface area contributed by atoms with Crippen molar-refractivity contribution in [1.29, 1.82) is 0 Å². The van der Waals surface area contributed by atoms with Gasteiger partial charge in [-0.3, -0.25) is 0 Å². The fourth-order valence-electron chi connectivity index (χ4n) is 4.11. The fourth-order valence-corrected chi connectivity index (χ4v) is 4.11. The van der Waals surface area contributed by atoms with Crippen LogP contribution in [0.15, 0.2) is 0 Å². The quantitative estimate of drug-likeness (QED) is 0.777. The lowest BCUT2D eigenvalue weighted by atomic mass is 9.89. The highest BCUT2D eigenvalue weighted by atomic mass is 16.5. The number of hydrogen-bond donors (Lipinski definition) is 1. The summed E-state index contributed by atoms with van der Waals surface area (Å²) in [6, 6.07) is 0.652. The van der Waals surface area contributed by atoms with E-state index in [4.69, 9.17) is 9.47 Å². The van der Waals surface area contributed by atoms with Crippen molar-refractivity contribution < 1.29 is 9.47 Å². The first-order valence-electron chi connectivity index (χ1n) is 8.35. The van der Waals surface area contributed by atoms with Crippen LogP contribution in [0.4, 0.5) is 0 Å². The molecule has 1 N–H and O–H groups in total. The van der Waals surface area contributed by atoms with E-state index in [1.54, 1.807) is 0 Å². The van der Waals surface area contributed by atoms with Gasteiger partial charge >= 0.3 is 0 Å². The van der Waals surface area contributed by atoms with E-state index in [-0.39, 0.29) is 5.60 Å². The maximum Gasteiger partial charge on any atom is 0.0697 e. The highest BCUT2D eigenvalue weighted by molar-refractivity contribution is 4.93. The van der Waals surface area contributed by atoms with Gasteiger partial charge in [0.15, 0.2) is 0 Å². The molecule has 3 nitrogen and oxygen atoms in total. The molecule has 0 amide bonds. The zero-order chi connectivity index (χ0) is 13.0. The molecule has 110 valence electrons. The number of ether oxygens (including phenoxy) is 2. The number of rotatable bonds is 5. The third-order valence-electron chi connectivity index (χ3n) is 5.20. The summed E-state index contributed by atoms with van der Waals surface area (Å²) in [6.07, 6.45) is 13.5. The Morgan fingerprint density at radius 1 is 1.05 bits per heavy atom. The van der Waals surface area contributed by atoms with Gasteiger partial charge in [-0.1, -0.05) is 25.7 Å². The Balaban J connectivity index is 1.33. The number of hydrogen-bond acceptors (Lipinski definition) is 3. The average molecular weight is 267 g/mol. The van der Waals surface area contributed by atoms with Crippen molar-refractivity contribution in [3.05, 3.63) is 0 Å². The summed E-state index contributed by atoms with van der Waals surface area (Å²) in [5.74, 6) is 0. The van der Waals surface area contributed by atoms with Crippen molar-refractivity contribution >= 4 is 0 Å². The molecule has 1 aliphatic heterocycles. The molecule has 1 heterocycles. The van der Waals surface area contributed by atoms with Crippen LogP contribution in [0.5, 0.6) is 0 Å². The van der Waals surface area contributed by atoms with E-state index in [1.165, 1.54) is 64.2 Å². The first-order valence-corrected chi connectivity index (χ1v) is 8.35. The van der Waals surface area contributed by atoms with Crippen LogP contribution < -0.4 is 5.32 Å². The summed E-state index contributed by atoms with van der Waals surface area (Å²) in [4.78, 5) is 0. The lowest BCUT2D eigenvalue weighted by Crippen LogP contribution is -2.46. The second-order valence-electron chi connectivity index (χ2n) is 6.66. The zero-order valence-electron chi connectivity index (χ0n) is 12.2. The Labute approximate surface area is 117 Å². The van der Waals surface area contributed by atoms with E-state index in [9.17, 15) is 0 Å². The molecule has 2 aliphatic carbocycles. The maximum atomic E-state index is 6.07. The summed E-state index contributed by atoms with van der Waals surface area (Å²) in [6.45, 7) is 2.84. The van der Waals surface area contributed by atoms with Crippen LogP contribution >= 0.6 is 0 Å². The molecule has 2 saturated carbocycles. The van der Waals surface area contributed by atoms with E-state index >= 15 is 0 Å². The van der Waals surface area contributed by atoms with Crippen LogP contribution in [0, 0.1) is 0 Å². The number of nitrogens with one attached hydrogen (secondary N) is 1. The summed E-state index contributed by atoms with van der Waals surface area (Å²) in [5, 5.41) is 3.69. The molecule has 3 rings (SSSR count). The van der Waals surface area contributed by atoms with Crippen molar-refractivity contribution in [3.63, 3.8) is 0 Å². The molecule has 3 fully saturated rings. The fraction of sp³-hybridized carbons (Fsp3) is 1.00. The Hall–Kier alpha value is -0.120. The monoisotopic (exact) mass is 267 g/mol. The first kappa shape index (κ1) is 13.8. The predicted octanol–water partition coefficient (Wildman–Crippen LogP) is 3.03. The maximum absolute atomic E-state index is 6.07. The highest BCUT2D eigenvalue weighted by Crippen LogP contribution is 2.39. The van der Waals surface area contributed by atoms with Crippen molar-refractivity contribution in [2.75, 3.05) is 19.8 Å². The Bertz CT molecular complexity index is 270. The topological polar surface area (TPSA) is 30.5 Å². The van der Waals surface area contributed by atoms with Gasteiger partial charge in [-0.25, -0.2) is 0 Å². The van der Waals surface area contributed by atoms with E-state index in [0.717, 1.165) is 19.8 Å². The second-order valence-corrected chi connectivity index (χ2v) is 6.66.